The molecule has 0 unspecified atom stereocenters. The molecule has 0 saturated heterocycles. The fourth-order valence-corrected chi connectivity index (χ4v) is 9.65. The van der Waals surface area contributed by atoms with Gasteiger partial charge in [0.05, 0.1) is 0 Å². The molecule has 0 bridgehead atoms. The molecule has 0 radical (unpaired) electrons. The predicted molar refractivity (Wildman–Crippen MR) is 288 cm³/mol. The summed E-state index contributed by atoms with van der Waals surface area (Å²) in [7, 11) is 0. The average molecular weight is 1100 g/mol. The first-order valence-electron chi connectivity index (χ1n) is 24.1. The van der Waals surface area contributed by atoms with Crippen molar-refractivity contribution in [3.8, 4) is 28.4 Å². The van der Waals surface area contributed by atoms with E-state index in [0.29, 0.717) is 11.5 Å². The van der Waals surface area contributed by atoms with Crippen LogP contribution in [0.2, 0.25) is 0 Å². The van der Waals surface area contributed by atoms with E-state index in [-0.39, 0.29) is 37.3 Å². The molecule has 2 aromatic heterocycles. The summed E-state index contributed by atoms with van der Waals surface area (Å²) < 4.78 is 9.37. The number of rotatable bonds is 10. The number of aromatic nitrogens is 2. The van der Waals surface area contributed by atoms with Crippen molar-refractivity contribution in [3.63, 3.8) is 0 Å². The minimum atomic E-state index is -0.406. The summed E-state index contributed by atoms with van der Waals surface area (Å²) in [5.41, 5.74) is 12.6. The van der Waals surface area contributed by atoms with Gasteiger partial charge in [0, 0.05) is 55.4 Å². The standard InChI is InChI=1S/C64H61N4O.Pt/c1-61(2,3)48-30-31-65-59(39-48)68-57-29-21-20-28-55(57)60-56(64(9,10)47-26-18-13-19-27-47)41-54(42-58(60)68)69-53-38-49(62(4,5)6)36-52(40-53)67-33-32-66(43-67)51-35-45(44-22-14-11-15-23-44)34-50(37-51)63(7,8)46-24-16-12-17-25-46;/h11-39,41,43H,1-10H3;/q-3;. The zero-order valence-electron chi connectivity index (χ0n) is 41.9. The second-order valence-electron chi connectivity index (χ2n) is 21.6. The normalized spacial score (nSPS) is 13.3. The van der Waals surface area contributed by atoms with E-state index in [1.807, 2.05) is 6.20 Å². The molecule has 1 aliphatic rings. The summed E-state index contributed by atoms with van der Waals surface area (Å²) >= 11 is 0. The molecule has 0 amide bonds. The van der Waals surface area contributed by atoms with Crippen LogP contribution in [0.1, 0.15) is 103 Å². The van der Waals surface area contributed by atoms with Crippen LogP contribution in [0.3, 0.4) is 0 Å². The molecule has 9 aromatic rings. The summed E-state index contributed by atoms with van der Waals surface area (Å²) in [5.74, 6) is 2.07. The van der Waals surface area contributed by atoms with E-state index in [1.165, 1.54) is 33.4 Å². The van der Waals surface area contributed by atoms with Gasteiger partial charge in [-0.05, 0) is 97.7 Å². The van der Waals surface area contributed by atoms with Crippen molar-refractivity contribution in [2.24, 2.45) is 0 Å². The largest absolute Gasteiger partial charge is 0.509 e. The van der Waals surface area contributed by atoms with Gasteiger partial charge in [-0.2, -0.15) is 0 Å². The van der Waals surface area contributed by atoms with Crippen LogP contribution in [-0.4, -0.2) is 9.55 Å². The van der Waals surface area contributed by atoms with Gasteiger partial charge in [0.2, 0.25) is 0 Å². The van der Waals surface area contributed by atoms with Gasteiger partial charge < -0.3 is 19.1 Å². The van der Waals surface area contributed by atoms with Crippen LogP contribution in [0.4, 0.5) is 11.4 Å². The molecule has 0 aliphatic carbocycles. The molecule has 7 aromatic carbocycles. The molecule has 0 saturated carbocycles. The Bertz CT molecular complexity index is 3360. The number of fused-ring (bicyclic) bond motifs is 3. The topological polar surface area (TPSA) is 33.5 Å². The summed E-state index contributed by atoms with van der Waals surface area (Å²) in [6, 6.07) is 66.2. The summed E-state index contributed by atoms with van der Waals surface area (Å²) in [6.45, 7) is 24.8. The van der Waals surface area contributed by atoms with Crippen molar-refractivity contribution in [2.75, 3.05) is 9.80 Å². The molecule has 356 valence electrons. The van der Waals surface area contributed by atoms with Crippen molar-refractivity contribution >= 4 is 33.2 Å². The number of pyridine rings is 1. The summed E-state index contributed by atoms with van der Waals surface area (Å²) in [6.07, 6.45) is 6.16. The zero-order chi connectivity index (χ0) is 48.3. The van der Waals surface area contributed by atoms with Crippen LogP contribution in [0, 0.1) is 18.8 Å². The number of anilines is 2. The number of para-hydroxylation sites is 1. The third kappa shape index (κ3) is 9.25. The van der Waals surface area contributed by atoms with E-state index in [0.717, 1.165) is 50.1 Å². The third-order valence-electron chi connectivity index (χ3n) is 14.0. The van der Waals surface area contributed by atoms with Gasteiger partial charge in [0.15, 0.2) is 0 Å². The van der Waals surface area contributed by atoms with Crippen molar-refractivity contribution in [1.29, 1.82) is 0 Å². The molecule has 0 N–H and O–H groups in total. The van der Waals surface area contributed by atoms with Crippen LogP contribution >= 0.6 is 0 Å². The van der Waals surface area contributed by atoms with Crippen LogP contribution in [0.25, 0.3) is 38.8 Å². The molecule has 3 heterocycles. The second kappa shape index (κ2) is 18.6. The number of hydrogen-bond donors (Lipinski definition) is 0. The van der Waals surface area contributed by atoms with E-state index < -0.39 is 5.41 Å². The monoisotopic (exact) mass is 1100 g/mol. The van der Waals surface area contributed by atoms with E-state index in [9.17, 15) is 0 Å². The molecule has 0 spiro atoms. The van der Waals surface area contributed by atoms with Crippen LogP contribution in [0.15, 0.2) is 182 Å². The molecular formula is C64H61N4OPt-3. The number of hydrogen-bond acceptors (Lipinski definition) is 4. The van der Waals surface area contributed by atoms with Gasteiger partial charge in [0.25, 0.3) is 0 Å². The molecule has 70 heavy (non-hydrogen) atoms. The first-order chi connectivity index (χ1) is 32.9. The fourth-order valence-electron chi connectivity index (χ4n) is 9.65. The Morgan fingerprint density at radius 2 is 1.10 bits per heavy atom. The smallest absolute Gasteiger partial charge is 0.135 e. The van der Waals surface area contributed by atoms with Crippen LogP contribution < -0.4 is 14.5 Å². The minimum absolute atomic E-state index is 0. The maximum absolute atomic E-state index is 7.11. The first-order valence-corrected chi connectivity index (χ1v) is 24.1. The van der Waals surface area contributed by atoms with Gasteiger partial charge in [-0.25, -0.2) is 4.98 Å². The summed E-state index contributed by atoms with van der Waals surface area (Å²) in [4.78, 5) is 9.35. The Morgan fingerprint density at radius 1 is 0.500 bits per heavy atom. The van der Waals surface area contributed by atoms with Gasteiger partial charge in [-0.1, -0.05) is 195 Å². The van der Waals surface area contributed by atoms with Gasteiger partial charge in [-0.3, -0.25) is 0 Å². The van der Waals surface area contributed by atoms with Crippen molar-refractivity contribution in [3.05, 3.63) is 235 Å². The molecule has 10 rings (SSSR count). The van der Waals surface area contributed by atoms with Crippen molar-refractivity contribution in [2.45, 2.75) is 90.9 Å². The Kier molecular flexibility index (Phi) is 12.8. The quantitative estimate of drug-likeness (QED) is 0.128. The molecule has 0 atom stereocenters. The minimum Gasteiger partial charge on any atom is -0.509 e. The average Bonchev–Trinajstić information content (AvgIpc) is 3.98. The fraction of sp³-hybridized carbons (Fsp3) is 0.219. The Hall–Kier alpha value is -6.68. The maximum atomic E-state index is 7.11. The molecule has 1 aliphatic heterocycles. The maximum Gasteiger partial charge on any atom is 0.135 e. The molecule has 5 nitrogen and oxygen atoms in total. The summed E-state index contributed by atoms with van der Waals surface area (Å²) in [5, 5.41) is 2.28. The van der Waals surface area contributed by atoms with E-state index in [2.05, 4.69) is 279 Å². The number of nitrogens with zero attached hydrogens (tertiary/aromatic N) is 4. The predicted octanol–water partition coefficient (Wildman–Crippen LogP) is 16.4. The van der Waals surface area contributed by atoms with Gasteiger partial charge >= 0.3 is 0 Å². The van der Waals surface area contributed by atoms with Crippen molar-refractivity contribution in [1.82, 2.24) is 9.55 Å². The van der Waals surface area contributed by atoms with E-state index in [4.69, 9.17) is 9.72 Å². The van der Waals surface area contributed by atoms with Crippen LogP contribution in [-0.2, 0) is 42.7 Å². The zero-order valence-corrected chi connectivity index (χ0v) is 44.2. The van der Waals surface area contributed by atoms with E-state index >= 15 is 0 Å². The number of benzene rings is 7. The van der Waals surface area contributed by atoms with Gasteiger partial charge in [-0.15, -0.1) is 53.8 Å². The van der Waals surface area contributed by atoms with Crippen molar-refractivity contribution < 1.29 is 25.8 Å². The SMILES string of the molecule is CC(C)(C)c1cc(Oc2[c-]c3c(c(C(C)(C)c4ccccc4)c2)c2ccccc2n3-c2cc(C(C)(C)C)ccn2)[c-]c(N2C=CN(c3cc(-c4ccccc4)cc(C(C)(C)c4ccccc4)c3)[CH-]2)c1.[Pt]. The molecular weight excluding hydrogens is 1040 g/mol. The van der Waals surface area contributed by atoms with Gasteiger partial charge in [0.1, 0.15) is 5.82 Å². The molecule has 6 heteroatoms. The van der Waals surface area contributed by atoms with Crippen LogP contribution in [0.5, 0.6) is 11.5 Å². The first kappa shape index (κ1) is 48.3. The number of ether oxygens (including phenoxy) is 1. The Labute approximate surface area is 429 Å². The second-order valence-corrected chi connectivity index (χ2v) is 21.6. The van der Waals surface area contributed by atoms with E-state index in [1.54, 1.807) is 0 Å². The Morgan fingerprint density at radius 3 is 1.77 bits per heavy atom. The molecule has 0 fully saturated rings. The third-order valence-corrected chi connectivity index (χ3v) is 14.0. The Balaban J connectivity index is 0.00000608.